The van der Waals surface area contributed by atoms with Gasteiger partial charge in [0.25, 0.3) is 0 Å². The van der Waals surface area contributed by atoms with Gasteiger partial charge in [-0.2, -0.15) is 0 Å². The highest BCUT2D eigenvalue weighted by Crippen LogP contribution is 2.24. The van der Waals surface area contributed by atoms with Crippen molar-refractivity contribution in [2.24, 2.45) is 0 Å². The number of hydrogen-bond acceptors (Lipinski definition) is 1. The molecular weight excluding hydrogens is 264 g/mol. The second-order valence-electron chi connectivity index (χ2n) is 6.53. The Morgan fingerprint density at radius 1 is 0.842 bits per heavy atom. The summed E-state index contributed by atoms with van der Waals surface area (Å²) < 4.78 is 6.51. The fourth-order valence-electron chi connectivity index (χ4n) is 2.06. The molecule has 19 heavy (non-hydrogen) atoms. The Morgan fingerprint density at radius 2 is 1.16 bits per heavy atom. The Hall–Kier alpha value is 0.134. The second kappa shape index (κ2) is 11.9. The zero-order valence-corrected chi connectivity index (χ0v) is 16.6. The molecule has 3 heteroatoms. The van der Waals surface area contributed by atoms with Gasteiger partial charge in [0, 0.05) is 0 Å². The first-order valence-electron chi connectivity index (χ1n) is 8.05. The molecule has 0 saturated carbocycles. The van der Waals surface area contributed by atoms with Crippen LogP contribution in [0.1, 0.15) is 52.9 Å². The molecule has 0 heterocycles. The van der Waals surface area contributed by atoms with Gasteiger partial charge >= 0.3 is 0 Å². The predicted molar refractivity (Wildman–Crippen MR) is 96.0 cm³/mol. The highest BCUT2D eigenvalue weighted by Gasteiger charge is 2.31. The Bertz CT molecular complexity index is 195. The Labute approximate surface area is 125 Å². The summed E-state index contributed by atoms with van der Waals surface area (Å²) in [5.74, 6) is 0. The molecular formula is C16H38OSi2. The van der Waals surface area contributed by atoms with Gasteiger partial charge in [-0.1, -0.05) is 52.5 Å². The first-order valence-corrected chi connectivity index (χ1v) is 14.3. The highest BCUT2D eigenvalue weighted by atomic mass is 28.4. The van der Waals surface area contributed by atoms with Crippen molar-refractivity contribution in [1.29, 1.82) is 0 Å². The van der Waals surface area contributed by atoms with Gasteiger partial charge in [-0.15, -0.1) is 6.58 Å². The molecule has 0 saturated heterocycles. The normalized spacial score (nSPS) is 11.7. The van der Waals surface area contributed by atoms with Crippen LogP contribution in [-0.4, -0.2) is 16.6 Å². The fourth-order valence-corrected chi connectivity index (χ4v) is 11.3. The SMILES string of the molecule is C=CCC.CCCC[Si](C)(C)O[Si](C)(C)CCCC. The molecule has 0 fully saturated rings. The quantitative estimate of drug-likeness (QED) is 0.344. The van der Waals surface area contributed by atoms with E-state index in [2.05, 4.69) is 53.5 Å². The third kappa shape index (κ3) is 16.1. The van der Waals surface area contributed by atoms with Crippen molar-refractivity contribution in [3.63, 3.8) is 0 Å². The number of unbranched alkanes of at least 4 members (excludes halogenated alkanes) is 2. The van der Waals surface area contributed by atoms with Crippen LogP contribution in [0.3, 0.4) is 0 Å². The van der Waals surface area contributed by atoms with Crippen molar-refractivity contribution >= 4 is 16.6 Å². The van der Waals surface area contributed by atoms with Crippen LogP contribution >= 0.6 is 0 Å². The Morgan fingerprint density at radius 3 is 1.37 bits per heavy atom. The fraction of sp³-hybridized carbons (Fsp3) is 0.875. The van der Waals surface area contributed by atoms with Crippen LogP contribution < -0.4 is 0 Å². The molecule has 0 aromatic heterocycles. The molecule has 0 amide bonds. The maximum atomic E-state index is 6.51. The molecule has 1 nitrogen and oxygen atoms in total. The molecule has 0 aliphatic rings. The molecule has 0 N–H and O–H groups in total. The van der Waals surface area contributed by atoms with Gasteiger partial charge in [-0.05, 0) is 44.7 Å². The summed E-state index contributed by atoms with van der Waals surface area (Å²) >= 11 is 0. The van der Waals surface area contributed by atoms with E-state index in [1.165, 1.54) is 37.8 Å². The molecule has 116 valence electrons. The zero-order valence-electron chi connectivity index (χ0n) is 14.6. The van der Waals surface area contributed by atoms with Crippen LogP contribution in [0.15, 0.2) is 12.7 Å². The molecule has 0 aromatic rings. The summed E-state index contributed by atoms with van der Waals surface area (Å²) in [6.45, 7) is 19.6. The van der Waals surface area contributed by atoms with Gasteiger partial charge in [0.05, 0.1) is 0 Å². The van der Waals surface area contributed by atoms with Gasteiger partial charge in [-0.3, -0.25) is 0 Å². The van der Waals surface area contributed by atoms with Crippen molar-refractivity contribution in [2.45, 2.75) is 91.2 Å². The molecule has 0 bridgehead atoms. The van der Waals surface area contributed by atoms with Crippen LogP contribution in [0.4, 0.5) is 0 Å². The lowest BCUT2D eigenvalue weighted by atomic mass is 10.4. The average Bonchev–Trinajstić information content (AvgIpc) is 2.33. The van der Waals surface area contributed by atoms with Gasteiger partial charge in [0.1, 0.15) is 0 Å². The van der Waals surface area contributed by atoms with Crippen molar-refractivity contribution < 1.29 is 4.12 Å². The third-order valence-corrected chi connectivity index (χ3v) is 10.6. The number of allylic oxidation sites excluding steroid dienone is 1. The van der Waals surface area contributed by atoms with E-state index in [0.717, 1.165) is 6.42 Å². The largest absolute Gasteiger partial charge is 0.455 e. The average molecular weight is 303 g/mol. The molecule has 0 aromatic carbocycles. The maximum Gasteiger partial charge on any atom is 0.173 e. The summed E-state index contributed by atoms with van der Waals surface area (Å²) in [6, 6.07) is 2.68. The van der Waals surface area contributed by atoms with Crippen LogP contribution in [0.2, 0.25) is 38.3 Å². The van der Waals surface area contributed by atoms with Gasteiger partial charge in [0.2, 0.25) is 0 Å². The van der Waals surface area contributed by atoms with Crippen molar-refractivity contribution in [1.82, 2.24) is 0 Å². The van der Waals surface area contributed by atoms with E-state index >= 15 is 0 Å². The first-order chi connectivity index (χ1) is 8.74. The first kappa shape index (κ1) is 21.4. The van der Waals surface area contributed by atoms with Crippen LogP contribution in [-0.2, 0) is 4.12 Å². The Kier molecular flexibility index (Phi) is 13.4. The van der Waals surface area contributed by atoms with E-state index in [4.69, 9.17) is 4.12 Å². The van der Waals surface area contributed by atoms with Crippen LogP contribution in [0.5, 0.6) is 0 Å². The van der Waals surface area contributed by atoms with E-state index in [1.54, 1.807) is 0 Å². The molecule has 0 atom stereocenters. The lowest BCUT2D eigenvalue weighted by Gasteiger charge is -2.34. The van der Waals surface area contributed by atoms with E-state index in [-0.39, 0.29) is 0 Å². The summed E-state index contributed by atoms with van der Waals surface area (Å²) in [6.07, 6.45) is 8.25. The van der Waals surface area contributed by atoms with Crippen LogP contribution in [0.25, 0.3) is 0 Å². The topological polar surface area (TPSA) is 9.23 Å². The van der Waals surface area contributed by atoms with Gasteiger partial charge in [-0.25, -0.2) is 0 Å². The van der Waals surface area contributed by atoms with Crippen molar-refractivity contribution in [3.05, 3.63) is 12.7 Å². The minimum absolute atomic E-state index is 1.08. The monoisotopic (exact) mass is 302 g/mol. The predicted octanol–water partition coefficient (Wildman–Crippen LogP) is 6.60. The molecule has 0 radical (unpaired) electrons. The summed E-state index contributed by atoms with van der Waals surface area (Å²) in [5.41, 5.74) is 0. The van der Waals surface area contributed by atoms with E-state index in [0.29, 0.717) is 0 Å². The number of hydrogen-bond donors (Lipinski definition) is 0. The zero-order chi connectivity index (χ0) is 15.4. The summed E-state index contributed by atoms with van der Waals surface area (Å²) in [5, 5.41) is 0. The maximum absolute atomic E-state index is 6.51. The van der Waals surface area contributed by atoms with Gasteiger partial charge in [0.15, 0.2) is 16.6 Å². The molecule has 0 unspecified atom stereocenters. The minimum Gasteiger partial charge on any atom is -0.455 e. The molecule has 0 rings (SSSR count). The van der Waals surface area contributed by atoms with E-state index in [1.807, 2.05) is 6.08 Å². The summed E-state index contributed by atoms with van der Waals surface area (Å²) in [4.78, 5) is 0. The van der Waals surface area contributed by atoms with Crippen molar-refractivity contribution in [2.75, 3.05) is 0 Å². The van der Waals surface area contributed by atoms with Crippen molar-refractivity contribution in [3.8, 4) is 0 Å². The molecule has 0 spiro atoms. The Balaban J connectivity index is 0. The smallest absolute Gasteiger partial charge is 0.173 e. The number of rotatable bonds is 9. The third-order valence-electron chi connectivity index (χ3n) is 3.11. The lowest BCUT2D eigenvalue weighted by molar-refractivity contribution is 0.529. The second-order valence-corrected chi connectivity index (χ2v) is 15.4. The van der Waals surface area contributed by atoms with Crippen LogP contribution in [0, 0.1) is 0 Å². The standard InChI is InChI=1S/C12H30OSi2.C4H8/c1-7-9-11-14(3,4)13-15(5,6)12-10-8-2;1-3-4-2/h7-12H2,1-6H3;3H,1,4H2,2H3. The van der Waals surface area contributed by atoms with Gasteiger partial charge < -0.3 is 4.12 Å². The minimum atomic E-state index is -1.35. The van der Waals surface area contributed by atoms with E-state index < -0.39 is 16.6 Å². The molecule has 0 aliphatic heterocycles. The highest BCUT2D eigenvalue weighted by molar-refractivity contribution is 6.84. The lowest BCUT2D eigenvalue weighted by Crippen LogP contribution is -2.44. The summed E-state index contributed by atoms with van der Waals surface area (Å²) in [7, 11) is -2.70. The van der Waals surface area contributed by atoms with E-state index in [9.17, 15) is 0 Å². The molecule has 0 aliphatic carbocycles.